The number of benzene rings is 1. The Balaban J connectivity index is 2.34. The zero-order valence-corrected chi connectivity index (χ0v) is 8.69. The Morgan fingerprint density at radius 1 is 1.38 bits per heavy atom. The number of thioether (sulfide) groups is 1. The Morgan fingerprint density at radius 3 is 3.00 bits per heavy atom. The summed E-state index contributed by atoms with van der Waals surface area (Å²) in [5.41, 5.74) is 4.54. The molecule has 0 saturated carbocycles. The van der Waals surface area contributed by atoms with Crippen LogP contribution in [-0.4, -0.2) is 0 Å². The van der Waals surface area contributed by atoms with E-state index in [2.05, 4.69) is 56.0 Å². The molecule has 0 unspecified atom stereocenters. The van der Waals surface area contributed by atoms with Gasteiger partial charge in [-0.05, 0) is 30.5 Å². The third kappa shape index (κ3) is 0.833. The van der Waals surface area contributed by atoms with Crippen LogP contribution in [-0.2, 0) is 4.75 Å². The van der Waals surface area contributed by atoms with Gasteiger partial charge in [0.2, 0.25) is 0 Å². The number of hydrogen-bond donors (Lipinski definition) is 0. The van der Waals surface area contributed by atoms with Gasteiger partial charge >= 0.3 is 0 Å². The minimum Gasteiger partial charge on any atom is -0.134 e. The molecular weight excluding hydrogens is 176 g/mol. The van der Waals surface area contributed by atoms with Gasteiger partial charge in [-0.25, -0.2) is 0 Å². The maximum Gasteiger partial charge on any atom is 0.0575 e. The zero-order valence-electron chi connectivity index (χ0n) is 7.87. The van der Waals surface area contributed by atoms with Crippen LogP contribution >= 0.6 is 11.8 Å². The van der Waals surface area contributed by atoms with Crippen LogP contribution in [0.15, 0.2) is 30.4 Å². The summed E-state index contributed by atoms with van der Waals surface area (Å²) in [6.45, 7) is 4.55. The van der Waals surface area contributed by atoms with Crippen molar-refractivity contribution in [3.63, 3.8) is 0 Å². The van der Waals surface area contributed by atoms with Crippen molar-refractivity contribution in [1.82, 2.24) is 0 Å². The van der Waals surface area contributed by atoms with E-state index in [0.29, 0.717) is 5.25 Å². The van der Waals surface area contributed by atoms with Gasteiger partial charge in [-0.2, -0.15) is 0 Å². The molecule has 0 amide bonds. The molecule has 0 saturated heterocycles. The molecule has 0 aromatic heterocycles. The van der Waals surface area contributed by atoms with Crippen LogP contribution in [0.2, 0.25) is 0 Å². The largest absolute Gasteiger partial charge is 0.134 e. The molecule has 66 valence electrons. The molecule has 0 spiro atoms. The monoisotopic (exact) mass is 188 g/mol. The summed E-state index contributed by atoms with van der Waals surface area (Å²) < 4.78 is 0.269. The van der Waals surface area contributed by atoms with E-state index < -0.39 is 0 Å². The second kappa shape index (κ2) is 2.21. The van der Waals surface area contributed by atoms with Crippen molar-refractivity contribution >= 4 is 11.8 Å². The molecule has 0 N–H and O–H groups in total. The van der Waals surface area contributed by atoms with Crippen LogP contribution in [0, 0.1) is 6.92 Å². The number of fused-ring (bicyclic) bond motifs is 5. The van der Waals surface area contributed by atoms with Crippen LogP contribution in [0.4, 0.5) is 0 Å². The van der Waals surface area contributed by atoms with Gasteiger partial charge in [0.05, 0.1) is 4.75 Å². The average molecular weight is 188 g/mol. The fraction of sp³-hybridized carbons (Fsp3) is 0.333. The third-order valence-electron chi connectivity index (χ3n) is 3.07. The summed E-state index contributed by atoms with van der Waals surface area (Å²) in [5, 5.41) is 0.625. The molecule has 2 heterocycles. The van der Waals surface area contributed by atoms with Gasteiger partial charge < -0.3 is 0 Å². The maximum atomic E-state index is 2.36. The molecule has 3 rings (SSSR count). The van der Waals surface area contributed by atoms with Crippen LogP contribution in [0.5, 0.6) is 0 Å². The summed E-state index contributed by atoms with van der Waals surface area (Å²) in [4.78, 5) is 0. The van der Waals surface area contributed by atoms with Crippen molar-refractivity contribution < 1.29 is 0 Å². The van der Waals surface area contributed by atoms with Crippen molar-refractivity contribution in [2.24, 2.45) is 0 Å². The maximum absolute atomic E-state index is 2.36. The molecular formula is C12H12S. The number of hydrogen-bond acceptors (Lipinski definition) is 1. The molecule has 2 bridgehead atoms. The highest BCUT2D eigenvalue weighted by atomic mass is 32.2. The van der Waals surface area contributed by atoms with E-state index >= 15 is 0 Å². The van der Waals surface area contributed by atoms with Crippen molar-refractivity contribution in [3.8, 4) is 0 Å². The fourth-order valence-corrected chi connectivity index (χ4v) is 4.09. The first-order chi connectivity index (χ1) is 6.21. The van der Waals surface area contributed by atoms with Crippen molar-refractivity contribution in [2.75, 3.05) is 0 Å². The number of aryl methyl sites for hydroxylation is 1. The Morgan fingerprint density at radius 2 is 2.23 bits per heavy atom. The van der Waals surface area contributed by atoms with Gasteiger partial charge in [-0.15, -0.1) is 11.8 Å². The predicted molar refractivity (Wildman–Crippen MR) is 58.0 cm³/mol. The summed E-state index contributed by atoms with van der Waals surface area (Å²) in [6, 6.07) is 6.67. The van der Waals surface area contributed by atoms with E-state index in [1.165, 1.54) is 11.1 Å². The fourth-order valence-electron chi connectivity index (χ4n) is 2.53. The van der Waals surface area contributed by atoms with E-state index in [4.69, 9.17) is 0 Å². The van der Waals surface area contributed by atoms with Gasteiger partial charge in [-0.3, -0.25) is 0 Å². The molecule has 0 aliphatic carbocycles. The Labute approximate surface area is 83.0 Å². The summed E-state index contributed by atoms with van der Waals surface area (Å²) in [6.07, 6.45) is 4.70. The molecule has 2 aliphatic heterocycles. The van der Waals surface area contributed by atoms with Crippen molar-refractivity contribution in [2.45, 2.75) is 23.8 Å². The first-order valence-corrected chi connectivity index (χ1v) is 5.56. The molecule has 0 radical (unpaired) electrons. The Hall–Kier alpha value is -0.690. The summed E-state index contributed by atoms with van der Waals surface area (Å²) in [5.74, 6) is 0. The minimum atomic E-state index is 0.269. The molecule has 0 nitrogen and oxygen atoms in total. The quantitative estimate of drug-likeness (QED) is 0.561. The van der Waals surface area contributed by atoms with Crippen molar-refractivity contribution in [1.29, 1.82) is 0 Å². The van der Waals surface area contributed by atoms with E-state index in [0.717, 1.165) is 0 Å². The lowest BCUT2D eigenvalue weighted by molar-refractivity contribution is 0.868. The average Bonchev–Trinajstić information content (AvgIpc) is 2.59. The predicted octanol–water partition coefficient (Wildman–Crippen LogP) is 3.57. The van der Waals surface area contributed by atoms with Crippen molar-refractivity contribution in [3.05, 3.63) is 47.0 Å². The SMILES string of the molecule is Cc1cccc2c1[C@@]1(C)C=C[C@H]2S1. The Bertz CT molecular complexity index is 406. The highest BCUT2D eigenvalue weighted by molar-refractivity contribution is 8.01. The second-order valence-electron chi connectivity index (χ2n) is 4.04. The first kappa shape index (κ1) is 7.69. The second-order valence-corrected chi connectivity index (χ2v) is 5.64. The molecule has 0 fully saturated rings. The molecule has 13 heavy (non-hydrogen) atoms. The highest BCUT2D eigenvalue weighted by Crippen LogP contribution is 2.61. The normalized spacial score (nSPS) is 33.8. The van der Waals surface area contributed by atoms with Crippen LogP contribution in [0.3, 0.4) is 0 Å². The molecule has 1 heteroatoms. The molecule has 1 aromatic rings. The Kier molecular flexibility index (Phi) is 1.31. The smallest absolute Gasteiger partial charge is 0.0575 e. The van der Waals surface area contributed by atoms with Gasteiger partial charge in [0.25, 0.3) is 0 Å². The third-order valence-corrected chi connectivity index (χ3v) is 4.56. The van der Waals surface area contributed by atoms with Gasteiger partial charge in [-0.1, -0.05) is 30.4 Å². The highest BCUT2D eigenvalue weighted by Gasteiger charge is 2.43. The van der Waals surface area contributed by atoms with E-state index in [1.54, 1.807) is 5.56 Å². The van der Waals surface area contributed by atoms with E-state index in [1.807, 2.05) is 0 Å². The first-order valence-electron chi connectivity index (χ1n) is 4.68. The summed E-state index contributed by atoms with van der Waals surface area (Å²) >= 11 is 2.07. The van der Waals surface area contributed by atoms with E-state index in [9.17, 15) is 0 Å². The topological polar surface area (TPSA) is 0 Å². The van der Waals surface area contributed by atoms with Gasteiger partial charge in [0.15, 0.2) is 0 Å². The van der Waals surface area contributed by atoms with Crippen LogP contribution in [0.25, 0.3) is 0 Å². The van der Waals surface area contributed by atoms with E-state index in [-0.39, 0.29) is 4.75 Å². The lowest BCUT2D eigenvalue weighted by Gasteiger charge is -2.20. The number of rotatable bonds is 0. The molecule has 1 aromatic carbocycles. The lowest BCUT2D eigenvalue weighted by atomic mass is 9.86. The standard InChI is InChI=1S/C12H12S/c1-8-4-3-5-9-10-6-7-12(2,13-10)11(8)9/h3-7,10H,1-2H3/t10-,12-/m1/s1. The van der Waals surface area contributed by atoms with Gasteiger partial charge in [0.1, 0.15) is 0 Å². The summed E-state index contributed by atoms with van der Waals surface area (Å²) in [7, 11) is 0. The minimum absolute atomic E-state index is 0.269. The lowest BCUT2D eigenvalue weighted by Crippen LogP contribution is -2.11. The molecule has 2 atom stereocenters. The van der Waals surface area contributed by atoms with Crippen LogP contribution < -0.4 is 0 Å². The zero-order chi connectivity index (χ0) is 9.05. The van der Waals surface area contributed by atoms with Gasteiger partial charge in [0, 0.05) is 5.25 Å². The van der Waals surface area contributed by atoms with Crippen LogP contribution in [0.1, 0.15) is 28.9 Å². The molecule has 2 aliphatic rings.